The SMILES string of the molecule is C=C(N)NC(N)=NCCCCCCN=C(N)NC(N)=NCCCCOCCCOCCCC(C)C. The molecule has 0 aliphatic rings. The van der Waals surface area contributed by atoms with Crippen molar-refractivity contribution >= 4 is 17.9 Å². The largest absolute Gasteiger partial charge is 0.386 e. The standard InChI is InChI=1S/C24H51N9O2/c1-20(2)12-10-17-35-19-11-18-34-16-9-8-15-31-24(28)33-23(27)30-14-7-5-4-6-13-29-22(26)32-21(3)25/h20H,3-19,25H2,1-2H3,(H3,26,29,32)(H5,27,28,30,31,33). The zero-order valence-electron chi connectivity index (χ0n) is 22.1. The number of hydrogen-bond acceptors (Lipinski definition) is 6. The van der Waals surface area contributed by atoms with E-state index in [1.807, 2.05) is 0 Å². The van der Waals surface area contributed by atoms with Crippen LogP contribution in [0.1, 0.15) is 71.6 Å². The predicted octanol–water partition coefficient (Wildman–Crippen LogP) is 1.74. The predicted molar refractivity (Wildman–Crippen MR) is 147 cm³/mol. The van der Waals surface area contributed by atoms with Crippen LogP contribution in [0.2, 0.25) is 0 Å². The normalized spacial score (nSPS) is 12.8. The molecule has 0 amide bonds. The van der Waals surface area contributed by atoms with Crippen LogP contribution in [0.25, 0.3) is 0 Å². The molecule has 0 aliphatic carbocycles. The van der Waals surface area contributed by atoms with Gasteiger partial charge < -0.3 is 37.7 Å². The van der Waals surface area contributed by atoms with E-state index in [-0.39, 0.29) is 23.7 Å². The molecule has 0 fully saturated rings. The second kappa shape index (κ2) is 23.2. The number of ether oxygens (including phenoxy) is 2. The first kappa shape index (κ1) is 32.5. The number of unbranched alkanes of at least 4 members (excludes halogenated alkanes) is 4. The van der Waals surface area contributed by atoms with Gasteiger partial charge in [-0.05, 0) is 50.9 Å². The molecular formula is C24H51N9O2. The zero-order chi connectivity index (χ0) is 26.2. The summed E-state index contributed by atoms with van der Waals surface area (Å²) >= 11 is 0. The molecular weight excluding hydrogens is 446 g/mol. The van der Waals surface area contributed by atoms with Gasteiger partial charge in [-0.15, -0.1) is 0 Å². The molecule has 0 aromatic heterocycles. The fourth-order valence-electron chi connectivity index (χ4n) is 2.97. The van der Waals surface area contributed by atoms with Gasteiger partial charge in [-0.2, -0.15) is 0 Å². The number of nitrogens with one attached hydrogen (secondary N) is 2. The molecule has 0 saturated carbocycles. The highest BCUT2D eigenvalue weighted by molar-refractivity contribution is 5.97. The van der Waals surface area contributed by atoms with Crippen LogP contribution in [0.3, 0.4) is 0 Å². The fraction of sp³-hybridized carbons (Fsp3) is 0.792. The van der Waals surface area contributed by atoms with E-state index in [0.29, 0.717) is 19.6 Å². The van der Waals surface area contributed by atoms with Crippen molar-refractivity contribution < 1.29 is 9.47 Å². The van der Waals surface area contributed by atoms with Crippen molar-refractivity contribution in [3.63, 3.8) is 0 Å². The highest BCUT2D eigenvalue weighted by Gasteiger charge is 1.98. The molecule has 204 valence electrons. The quantitative estimate of drug-likeness (QED) is 0.0786. The van der Waals surface area contributed by atoms with Crippen LogP contribution in [0.4, 0.5) is 0 Å². The molecule has 0 bridgehead atoms. The first-order valence-electron chi connectivity index (χ1n) is 12.8. The van der Waals surface area contributed by atoms with Gasteiger partial charge in [-0.1, -0.05) is 33.3 Å². The molecule has 11 heteroatoms. The minimum Gasteiger partial charge on any atom is -0.386 e. The molecule has 0 rings (SSSR count). The Hall–Kier alpha value is -2.53. The molecule has 0 saturated heterocycles. The topological polar surface area (TPSA) is 184 Å². The Morgan fingerprint density at radius 1 is 0.629 bits per heavy atom. The highest BCUT2D eigenvalue weighted by Crippen LogP contribution is 2.03. The first-order chi connectivity index (χ1) is 16.8. The van der Waals surface area contributed by atoms with Crippen molar-refractivity contribution in [3.05, 3.63) is 12.4 Å². The molecule has 0 aromatic carbocycles. The Morgan fingerprint density at radius 2 is 1.06 bits per heavy atom. The number of nitrogens with two attached hydrogens (primary N) is 4. The average molecular weight is 498 g/mol. The summed E-state index contributed by atoms with van der Waals surface area (Å²) in [4.78, 5) is 12.7. The van der Waals surface area contributed by atoms with Gasteiger partial charge in [0.1, 0.15) is 0 Å². The first-order valence-corrected chi connectivity index (χ1v) is 12.8. The minimum atomic E-state index is 0.283. The lowest BCUT2D eigenvalue weighted by Gasteiger charge is -2.07. The lowest BCUT2D eigenvalue weighted by molar-refractivity contribution is 0.0791. The maximum Gasteiger partial charge on any atom is 0.195 e. The van der Waals surface area contributed by atoms with E-state index in [4.69, 9.17) is 32.4 Å². The van der Waals surface area contributed by atoms with Crippen LogP contribution >= 0.6 is 0 Å². The number of guanidine groups is 3. The van der Waals surface area contributed by atoms with Crippen molar-refractivity contribution in [1.82, 2.24) is 10.6 Å². The monoisotopic (exact) mass is 497 g/mol. The second-order valence-electron chi connectivity index (χ2n) is 8.81. The smallest absolute Gasteiger partial charge is 0.195 e. The Bertz CT molecular complexity index is 622. The molecule has 0 aromatic rings. The molecule has 0 radical (unpaired) electrons. The number of nitrogens with zero attached hydrogens (tertiary/aromatic N) is 3. The molecule has 11 nitrogen and oxygen atoms in total. The van der Waals surface area contributed by atoms with Crippen LogP contribution in [-0.2, 0) is 9.47 Å². The van der Waals surface area contributed by atoms with E-state index in [1.54, 1.807) is 0 Å². The van der Waals surface area contributed by atoms with E-state index in [2.05, 4.69) is 46.0 Å². The molecule has 35 heavy (non-hydrogen) atoms. The lowest BCUT2D eigenvalue weighted by atomic mass is 10.1. The van der Waals surface area contributed by atoms with E-state index >= 15 is 0 Å². The summed E-state index contributed by atoms with van der Waals surface area (Å²) in [5, 5.41) is 5.48. The van der Waals surface area contributed by atoms with Crippen molar-refractivity contribution in [2.75, 3.05) is 46.1 Å². The van der Waals surface area contributed by atoms with Crippen molar-refractivity contribution in [2.45, 2.75) is 71.6 Å². The van der Waals surface area contributed by atoms with E-state index < -0.39 is 0 Å². The van der Waals surface area contributed by atoms with Gasteiger partial charge in [0, 0.05) is 46.1 Å². The Balaban J connectivity index is 3.59. The molecule has 0 aliphatic heterocycles. The lowest BCUT2D eigenvalue weighted by Crippen LogP contribution is -2.41. The number of rotatable bonds is 21. The van der Waals surface area contributed by atoms with Gasteiger partial charge in [-0.25, -0.2) is 0 Å². The van der Waals surface area contributed by atoms with E-state index in [1.165, 1.54) is 6.42 Å². The highest BCUT2D eigenvalue weighted by atomic mass is 16.5. The van der Waals surface area contributed by atoms with Crippen molar-refractivity contribution in [1.29, 1.82) is 0 Å². The Morgan fingerprint density at radius 3 is 1.54 bits per heavy atom. The fourth-order valence-corrected chi connectivity index (χ4v) is 2.97. The van der Waals surface area contributed by atoms with Gasteiger partial charge in [0.25, 0.3) is 0 Å². The Kier molecular flexibility index (Phi) is 21.5. The molecule has 0 spiro atoms. The van der Waals surface area contributed by atoms with Gasteiger partial charge in [0.2, 0.25) is 0 Å². The third-order valence-electron chi connectivity index (χ3n) is 4.80. The van der Waals surface area contributed by atoms with Crippen LogP contribution in [0.15, 0.2) is 27.4 Å². The molecule has 0 atom stereocenters. The van der Waals surface area contributed by atoms with Gasteiger partial charge >= 0.3 is 0 Å². The summed E-state index contributed by atoms with van der Waals surface area (Å²) in [6.07, 6.45) is 9.05. The van der Waals surface area contributed by atoms with E-state index in [9.17, 15) is 0 Å². The van der Waals surface area contributed by atoms with Crippen LogP contribution in [0.5, 0.6) is 0 Å². The number of aliphatic imine (C=N–C) groups is 3. The van der Waals surface area contributed by atoms with Crippen LogP contribution in [-0.4, -0.2) is 63.9 Å². The van der Waals surface area contributed by atoms with Crippen molar-refractivity contribution in [2.24, 2.45) is 43.8 Å². The summed E-state index contributed by atoms with van der Waals surface area (Å²) in [5.41, 5.74) is 22.7. The molecule has 10 N–H and O–H groups in total. The summed E-state index contributed by atoms with van der Waals surface area (Å²) in [6.45, 7) is 12.9. The summed E-state index contributed by atoms with van der Waals surface area (Å²) in [6, 6.07) is 0. The zero-order valence-corrected chi connectivity index (χ0v) is 22.1. The summed E-state index contributed by atoms with van der Waals surface area (Å²) < 4.78 is 11.2. The third-order valence-corrected chi connectivity index (χ3v) is 4.80. The van der Waals surface area contributed by atoms with E-state index in [0.717, 1.165) is 83.7 Å². The third kappa shape index (κ3) is 25.9. The Labute approximate surface area is 212 Å². The second-order valence-corrected chi connectivity index (χ2v) is 8.81. The number of hydrogen-bond donors (Lipinski definition) is 6. The summed E-state index contributed by atoms with van der Waals surface area (Å²) in [5.74, 6) is 1.88. The van der Waals surface area contributed by atoms with Gasteiger partial charge in [0.05, 0.1) is 5.82 Å². The van der Waals surface area contributed by atoms with Gasteiger partial charge in [-0.3, -0.25) is 20.3 Å². The maximum atomic E-state index is 5.85. The maximum absolute atomic E-state index is 5.85. The van der Waals surface area contributed by atoms with Crippen LogP contribution in [0, 0.1) is 5.92 Å². The van der Waals surface area contributed by atoms with Crippen LogP contribution < -0.4 is 33.6 Å². The molecule has 0 unspecified atom stereocenters. The van der Waals surface area contributed by atoms with Crippen molar-refractivity contribution in [3.8, 4) is 0 Å². The minimum absolute atomic E-state index is 0.283. The average Bonchev–Trinajstić information content (AvgIpc) is 2.77. The summed E-state index contributed by atoms with van der Waals surface area (Å²) in [7, 11) is 0. The van der Waals surface area contributed by atoms with Gasteiger partial charge in [0.15, 0.2) is 17.9 Å². The molecule has 0 heterocycles.